The van der Waals surface area contributed by atoms with Gasteiger partial charge in [-0.25, -0.2) is 0 Å². The van der Waals surface area contributed by atoms with Crippen molar-refractivity contribution in [2.45, 2.75) is 80.1 Å². The number of hydrogen-bond acceptors (Lipinski definition) is 1. The van der Waals surface area contributed by atoms with Crippen molar-refractivity contribution < 1.29 is 37.5 Å². The number of aryl methyl sites for hydroxylation is 3. The summed E-state index contributed by atoms with van der Waals surface area (Å²) in [6.45, 7) is 13.1. The van der Waals surface area contributed by atoms with Crippen LogP contribution in [-0.2, 0) is 37.5 Å². The molecule has 0 saturated heterocycles. The zero-order chi connectivity index (χ0) is 19.6. The van der Waals surface area contributed by atoms with Crippen molar-refractivity contribution in [2.24, 2.45) is 0 Å². The van der Waals surface area contributed by atoms with Crippen LogP contribution in [-0.4, -0.2) is 30.6 Å². The molecule has 151 valence electrons. The molecule has 4 heteroatoms. The monoisotopic (exact) mass is 467 g/mol. The van der Waals surface area contributed by atoms with Gasteiger partial charge in [0.15, 0.2) is 0 Å². The molecule has 0 heterocycles. The van der Waals surface area contributed by atoms with Crippen molar-refractivity contribution in [2.75, 3.05) is 30.0 Å². The van der Waals surface area contributed by atoms with Crippen LogP contribution in [0.2, 0.25) is 0 Å². The predicted octanol–water partition coefficient (Wildman–Crippen LogP) is 6.97. The maximum atomic E-state index is 13.0. The Kier molecular flexibility index (Phi) is 14.4. The van der Waals surface area contributed by atoms with Crippen LogP contribution in [0.15, 0.2) is 12.1 Å². The van der Waals surface area contributed by atoms with Crippen molar-refractivity contribution in [3.8, 4) is 0 Å². The maximum Gasteiger partial charge on any atom is 0.261 e. The van der Waals surface area contributed by atoms with Crippen LogP contribution in [0.3, 0.4) is 0 Å². The van der Waals surface area contributed by atoms with Gasteiger partial charge >= 0.3 is 0 Å². The minimum atomic E-state index is -1.19. The van der Waals surface area contributed by atoms with Crippen LogP contribution in [0.5, 0.6) is 0 Å². The van der Waals surface area contributed by atoms with E-state index in [0.29, 0.717) is 0 Å². The van der Waals surface area contributed by atoms with E-state index in [1.54, 1.807) is 0 Å². The molecule has 1 rings (SSSR count). The number of hydrogen-bond donors (Lipinski definition) is 1. The Hall–Kier alpha value is 0.224. The molecule has 1 aromatic carbocycles. The van der Waals surface area contributed by atoms with Gasteiger partial charge < -0.3 is 5.32 Å². The Bertz CT molecular complexity index is 529. The summed E-state index contributed by atoms with van der Waals surface area (Å²) in [4.78, 5) is 13.0. The summed E-state index contributed by atoms with van der Waals surface area (Å²) in [5.74, 6) is 0.247. The summed E-state index contributed by atoms with van der Waals surface area (Å²) in [5.41, 5.74) is 4.64. The zero-order valence-electron chi connectivity index (χ0n) is 18.7. The van der Waals surface area contributed by atoms with Crippen LogP contribution in [0, 0.1) is 20.8 Å². The van der Waals surface area contributed by atoms with E-state index in [9.17, 15) is 4.79 Å². The normalized spacial score (nSPS) is 11.2. The third-order valence-electron chi connectivity index (χ3n) is 5.38. The number of nitrogens with one attached hydrogen (secondary N) is 1. The molecule has 0 unspecified atom stereocenters. The second kappa shape index (κ2) is 14.2. The molecule has 1 amide bonds. The Morgan fingerprint density at radius 2 is 1.26 bits per heavy atom. The van der Waals surface area contributed by atoms with Gasteiger partial charge in [0.25, 0.3) is 5.91 Å². The number of unbranched alkanes of at least 4 members (excludes halogenated alkanes) is 3. The van der Waals surface area contributed by atoms with E-state index >= 15 is 0 Å². The molecule has 0 atom stereocenters. The van der Waals surface area contributed by atoms with E-state index in [2.05, 4.69) is 59.0 Å². The van der Waals surface area contributed by atoms with Crippen molar-refractivity contribution in [1.29, 1.82) is 0 Å². The third kappa shape index (κ3) is 9.51. The first kappa shape index (κ1) is 27.2. The summed E-state index contributed by atoms with van der Waals surface area (Å²) in [6.07, 6.45) is 12.2. The van der Waals surface area contributed by atoms with Gasteiger partial charge in [-0.1, -0.05) is 57.7 Å². The standard InChI is InChI=1S/C23H40NOP.Y/c1-7-10-13-26(14-11-8-2,15-12-9-3)18-22(25)24-23-20(5)16-19(4)17-21(23)6;/h16-17H,7-15,18H2,1-6H3;/p+1. The summed E-state index contributed by atoms with van der Waals surface area (Å²) in [6, 6.07) is 4.33. The van der Waals surface area contributed by atoms with E-state index < -0.39 is 7.26 Å². The fourth-order valence-corrected chi connectivity index (χ4v) is 8.71. The number of anilines is 1. The fraction of sp³-hybridized carbons (Fsp3) is 0.696. The number of rotatable bonds is 12. The van der Waals surface area contributed by atoms with Crippen LogP contribution in [0.25, 0.3) is 0 Å². The SMILES string of the molecule is CCCC[P+](CCCC)(CCCC)CC(=O)Nc1c(C)cc(C)cc1C.[Y]. The average molecular weight is 467 g/mol. The molecule has 27 heavy (non-hydrogen) atoms. The molecule has 0 aliphatic rings. The molecule has 0 aliphatic carbocycles. The summed E-state index contributed by atoms with van der Waals surface area (Å²) in [5, 5.41) is 3.28. The van der Waals surface area contributed by atoms with Crippen LogP contribution >= 0.6 is 7.26 Å². The first-order valence-electron chi connectivity index (χ1n) is 10.6. The van der Waals surface area contributed by atoms with Crippen LogP contribution in [0.1, 0.15) is 76.0 Å². The van der Waals surface area contributed by atoms with Gasteiger partial charge in [-0.15, -0.1) is 0 Å². The molecule has 0 fully saturated rings. The van der Waals surface area contributed by atoms with Crippen LogP contribution in [0.4, 0.5) is 5.69 Å². The number of carbonyl (C=O) groups is 1. The van der Waals surface area contributed by atoms with Gasteiger partial charge in [0.2, 0.25) is 0 Å². The topological polar surface area (TPSA) is 29.1 Å². The van der Waals surface area contributed by atoms with E-state index in [4.69, 9.17) is 0 Å². The third-order valence-corrected chi connectivity index (χ3v) is 10.1. The molecule has 0 aromatic heterocycles. The van der Waals surface area contributed by atoms with Gasteiger partial charge in [0, 0.05) is 45.7 Å². The summed E-state index contributed by atoms with van der Waals surface area (Å²) < 4.78 is 0. The average Bonchev–Trinajstić information content (AvgIpc) is 2.59. The minimum absolute atomic E-state index is 0. The van der Waals surface area contributed by atoms with E-state index in [1.807, 2.05) is 0 Å². The second-order valence-corrected chi connectivity index (χ2v) is 12.4. The van der Waals surface area contributed by atoms with Gasteiger partial charge in [0.1, 0.15) is 6.16 Å². The van der Waals surface area contributed by atoms with E-state index in [0.717, 1.165) is 11.8 Å². The Labute approximate surface area is 194 Å². The molecule has 1 N–H and O–H groups in total. The van der Waals surface area contributed by atoms with Crippen molar-refractivity contribution in [3.63, 3.8) is 0 Å². The van der Waals surface area contributed by atoms with Gasteiger partial charge in [-0.05, 0) is 51.2 Å². The number of amides is 1. The predicted molar refractivity (Wildman–Crippen MR) is 120 cm³/mol. The molecule has 2 nitrogen and oxygen atoms in total. The molecular formula is C23H41NOPY+. The minimum Gasteiger partial charge on any atom is -0.322 e. The summed E-state index contributed by atoms with van der Waals surface area (Å²) in [7, 11) is -1.19. The summed E-state index contributed by atoms with van der Waals surface area (Å²) >= 11 is 0. The van der Waals surface area contributed by atoms with E-state index in [1.165, 1.54) is 73.7 Å². The number of carbonyl (C=O) groups excluding carboxylic acids is 1. The molecule has 1 radical (unpaired) electrons. The maximum absolute atomic E-state index is 13.0. The van der Waals surface area contributed by atoms with Gasteiger partial charge in [-0.3, -0.25) is 4.79 Å². The Morgan fingerprint density at radius 1 is 0.852 bits per heavy atom. The largest absolute Gasteiger partial charge is 0.322 e. The van der Waals surface area contributed by atoms with Crippen LogP contribution < -0.4 is 5.32 Å². The van der Waals surface area contributed by atoms with Crippen molar-refractivity contribution >= 4 is 18.9 Å². The fourth-order valence-electron chi connectivity index (χ4n) is 3.91. The van der Waals surface area contributed by atoms with Crippen molar-refractivity contribution in [3.05, 3.63) is 28.8 Å². The van der Waals surface area contributed by atoms with Crippen molar-refractivity contribution in [1.82, 2.24) is 0 Å². The quantitative estimate of drug-likeness (QED) is 0.331. The zero-order valence-corrected chi connectivity index (χ0v) is 22.4. The number of benzene rings is 1. The molecule has 0 saturated carbocycles. The smallest absolute Gasteiger partial charge is 0.261 e. The molecule has 0 spiro atoms. The first-order chi connectivity index (χ1) is 12.4. The first-order valence-corrected chi connectivity index (χ1v) is 13.1. The van der Waals surface area contributed by atoms with Gasteiger partial charge in [-0.2, -0.15) is 0 Å². The van der Waals surface area contributed by atoms with Gasteiger partial charge in [0.05, 0.1) is 18.5 Å². The Balaban J connectivity index is 0.00000676. The molecule has 1 aromatic rings. The van der Waals surface area contributed by atoms with E-state index in [-0.39, 0.29) is 38.6 Å². The second-order valence-electron chi connectivity index (χ2n) is 8.05. The molecule has 0 bridgehead atoms. The molecule has 0 aliphatic heterocycles. The molecular weight excluding hydrogens is 426 g/mol. The Morgan fingerprint density at radius 3 is 1.63 bits per heavy atom.